The lowest BCUT2D eigenvalue weighted by Gasteiger charge is -2.34. The zero-order valence-electron chi connectivity index (χ0n) is 10.2. The van der Waals surface area contributed by atoms with Gasteiger partial charge in [-0.3, -0.25) is 4.79 Å². The summed E-state index contributed by atoms with van der Waals surface area (Å²) in [5, 5.41) is 0. The van der Waals surface area contributed by atoms with Crippen LogP contribution in [0.2, 0.25) is 0 Å². The number of ether oxygens (including phenoxy) is 1. The lowest BCUT2D eigenvalue weighted by Crippen LogP contribution is -2.35. The second-order valence-electron chi connectivity index (χ2n) is 4.43. The van der Waals surface area contributed by atoms with Gasteiger partial charge < -0.3 is 4.74 Å². The van der Waals surface area contributed by atoms with Crippen LogP contribution in [0, 0.1) is 11.8 Å². The molecule has 0 N–H and O–H groups in total. The van der Waals surface area contributed by atoms with E-state index in [1.807, 2.05) is 11.3 Å². The van der Waals surface area contributed by atoms with Gasteiger partial charge in [-0.25, -0.2) is 4.42 Å². The normalized spacial score (nSPS) is 26.7. The molecule has 0 spiro atoms. The van der Waals surface area contributed by atoms with Gasteiger partial charge >= 0.3 is 5.97 Å². The van der Waals surface area contributed by atoms with Crippen LogP contribution in [0.5, 0.6) is 0 Å². The van der Waals surface area contributed by atoms with Crippen molar-refractivity contribution >= 4 is 17.7 Å². The number of hydrogen-bond donors (Lipinski definition) is 0. The number of halogens is 1. The fourth-order valence-corrected chi connectivity index (χ4v) is 2.69. The van der Waals surface area contributed by atoms with Crippen LogP contribution in [0.4, 0.5) is 0 Å². The van der Waals surface area contributed by atoms with E-state index in [1.165, 1.54) is 0 Å². The van der Waals surface area contributed by atoms with Gasteiger partial charge in [0.25, 0.3) is 0 Å². The molecule has 1 fully saturated rings. The summed E-state index contributed by atoms with van der Waals surface area (Å²) in [7, 11) is 0. The van der Waals surface area contributed by atoms with Gasteiger partial charge in [-0.15, -0.1) is 0 Å². The average Bonchev–Trinajstić information content (AvgIpc) is 2.27. The van der Waals surface area contributed by atoms with Crippen molar-refractivity contribution in [3.05, 3.63) is 0 Å². The van der Waals surface area contributed by atoms with E-state index in [0.717, 1.165) is 32.4 Å². The first-order valence-corrected chi connectivity index (χ1v) is 6.57. The van der Waals surface area contributed by atoms with E-state index in [0.29, 0.717) is 24.9 Å². The fraction of sp³-hybridized carbons (Fsp3) is 0.917. The first-order valence-electron chi connectivity index (χ1n) is 6.23. The topological polar surface area (TPSA) is 29.5 Å². The number of esters is 1. The maximum Gasteiger partial charge on any atom is 0.305 e. The molecule has 1 heterocycles. The molecular formula is C12H22ClNO2. The Morgan fingerprint density at radius 2 is 2.19 bits per heavy atom. The van der Waals surface area contributed by atoms with Gasteiger partial charge in [0.05, 0.1) is 6.61 Å². The molecule has 0 aromatic rings. The predicted octanol–water partition coefficient (Wildman–Crippen LogP) is 2.83. The fourth-order valence-electron chi connectivity index (χ4n) is 2.42. The average molecular weight is 248 g/mol. The first-order chi connectivity index (χ1) is 7.67. The Bertz CT molecular complexity index is 223. The van der Waals surface area contributed by atoms with Crippen LogP contribution in [0.3, 0.4) is 0 Å². The van der Waals surface area contributed by atoms with E-state index in [4.69, 9.17) is 16.5 Å². The predicted molar refractivity (Wildman–Crippen MR) is 65.2 cm³/mol. The zero-order chi connectivity index (χ0) is 12.0. The summed E-state index contributed by atoms with van der Waals surface area (Å²) in [6.45, 7) is 6.41. The third-order valence-corrected chi connectivity index (χ3v) is 3.70. The Hall–Kier alpha value is -0.280. The molecule has 0 radical (unpaired) electrons. The molecule has 1 aliphatic heterocycles. The highest BCUT2D eigenvalue weighted by atomic mass is 35.5. The van der Waals surface area contributed by atoms with Crippen molar-refractivity contribution in [1.29, 1.82) is 0 Å². The maximum absolute atomic E-state index is 11.3. The lowest BCUT2D eigenvalue weighted by molar-refractivity contribution is -0.143. The van der Waals surface area contributed by atoms with Crippen molar-refractivity contribution in [2.75, 3.05) is 19.7 Å². The second kappa shape index (κ2) is 7.13. The van der Waals surface area contributed by atoms with Crippen LogP contribution in [0.25, 0.3) is 0 Å². The highest BCUT2D eigenvalue weighted by molar-refractivity contribution is 6.13. The van der Waals surface area contributed by atoms with Gasteiger partial charge in [0.2, 0.25) is 0 Å². The molecule has 0 amide bonds. The Kier molecular flexibility index (Phi) is 6.14. The van der Waals surface area contributed by atoms with Crippen molar-refractivity contribution in [3.8, 4) is 0 Å². The second-order valence-corrected chi connectivity index (χ2v) is 4.91. The van der Waals surface area contributed by atoms with Gasteiger partial charge in [-0.2, -0.15) is 0 Å². The molecule has 1 rings (SSSR count). The highest BCUT2D eigenvalue weighted by Gasteiger charge is 2.27. The molecule has 0 unspecified atom stereocenters. The number of hydrogen-bond acceptors (Lipinski definition) is 3. The van der Waals surface area contributed by atoms with Crippen LogP contribution < -0.4 is 0 Å². The van der Waals surface area contributed by atoms with Gasteiger partial charge in [-0.1, -0.05) is 13.3 Å². The Balaban J connectivity index is 2.31. The van der Waals surface area contributed by atoms with E-state index < -0.39 is 0 Å². The minimum Gasteiger partial charge on any atom is -0.466 e. The van der Waals surface area contributed by atoms with E-state index in [2.05, 4.69) is 6.92 Å². The Labute approximate surface area is 103 Å². The van der Waals surface area contributed by atoms with Gasteiger partial charge in [0, 0.05) is 19.5 Å². The summed E-state index contributed by atoms with van der Waals surface area (Å²) in [5.41, 5.74) is 0. The van der Waals surface area contributed by atoms with Crippen LogP contribution in [-0.4, -0.2) is 30.1 Å². The smallest absolute Gasteiger partial charge is 0.305 e. The van der Waals surface area contributed by atoms with Crippen molar-refractivity contribution in [1.82, 2.24) is 4.42 Å². The van der Waals surface area contributed by atoms with E-state index in [9.17, 15) is 4.79 Å². The van der Waals surface area contributed by atoms with Crippen LogP contribution in [0.15, 0.2) is 0 Å². The quantitative estimate of drug-likeness (QED) is 0.553. The third kappa shape index (κ3) is 4.30. The zero-order valence-corrected chi connectivity index (χ0v) is 11.0. The SMILES string of the molecule is CCOC(=O)CC[C@@H]1CCN(Cl)C[C@@H]1CC. The van der Waals surface area contributed by atoms with Crippen LogP contribution in [0.1, 0.15) is 39.5 Å². The molecule has 0 aromatic heterocycles. The molecule has 16 heavy (non-hydrogen) atoms. The standard InChI is InChI=1S/C12H22ClNO2/c1-3-10-9-14(13)8-7-11(10)5-6-12(15)16-4-2/h10-11H,3-9H2,1-2H3/t10-,11+/m0/s1. The lowest BCUT2D eigenvalue weighted by atomic mass is 9.81. The molecule has 0 bridgehead atoms. The number of carbonyl (C=O) groups excluding carboxylic acids is 1. The van der Waals surface area contributed by atoms with Crippen molar-refractivity contribution in [3.63, 3.8) is 0 Å². The largest absolute Gasteiger partial charge is 0.466 e. The molecule has 0 aromatic carbocycles. The Morgan fingerprint density at radius 1 is 1.44 bits per heavy atom. The van der Waals surface area contributed by atoms with E-state index in [1.54, 1.807) is 0 Å². The molecule has 1 aliphatic rings. The molecule has 4 heteroatoms. The number of rotatable bonds is 5. The van der Waals surface area contributed by atoms with Crippen molar-refractivity contribution in [2.24, 2.45) is 11.8 Å². The summed E-state index contributed by atoms with van der Waals surface area (Å²) >= 11 is 6.01. The first kappa shape index (κ1) is 13.8. The number of carbonyl (C=O) groups is 1. The summed E-state index contributed by atoms with van der Waals surface area (Å²) in [4.78, 5) is 11.3. The van der Waals surface area contributed by atoms with Gasteiger partial charge in [0.15, 0.2) is 0 Å². The molecule has 1 saturated heterocycles. The maximum atomic E-state index is 11.3. The molecule has 2 atom stereocenters. The number of piperidine rings is 1. The highest BCUT2D eigenvalue weighted by Crippen LogP contribution is 2.30. The summed E-state index contributed by atoms with van der Waals surface area (Å²) in [6, 6.07) is 0. The summed E-state index contributed by atoms with van der Waals surface area (Å²) in [5.74, 6) is 1.19. The van der Waals surface area contributed by atoms with Gasteiger partial charge in [-0.05, 0) is 43.4 Å². The number of nitrogens with zero attached hydrogens (tertiary/aromatic N) is 1. The summed E-state index contributed by atoms with van der Waals surface area (Å²) < 4.78 is 6.82. The molecule has 3 nitrogen and oxygen atoms in total. The molecule has 0 aliphatic carbocycles. The molecule has 0 saturated carbocycles. The Morgan fingerprint density at radius 3 is 2.81 bits per heavy atom. The molecule has 94 valence electrons. The van der Waals surface area contributed by atoms with Crippen LogP contribution in [-0.2, 0) is 9.53 Å². The van der Waals surface area contributed by atoms with Crippen LogP contribution >= 0.6 is 11.8 Å². The minimum atomic E-state index is -0.0642. The van der Waals surface area contributed by atoms with E-state index >= 15 is 0 Å². The van der Waals surface area contributed by atoms with Crippen molar-refractivity contribution < 1.29 is 9.53 Å². The van der Waals surface area contributed by atoms with Crippen molar-refractivity contribution in [2.45, 2.75) is 39.5 Å². The van der Waals surface area contributed by atoms with E-state index in [-0.39, 0.29) is 5.97 Å². The third-order valence-electron chi connectivity index (χ3n) is 3.39. The molecular weight excluding hydrogens is 226 g/mol. The minimum absolute atomic E-state index is 0.0642. The van der Waals surface area contributed by atoms with Gasteiger partial charge in [0.1, 0.15) is 0 Å². The summed E-state index contributed by atoms with van der Waals surface area (Å²) in [6.07, 6.45) is 3.73. The monoisotopic (exact) mass is 247 g/mol.